The van der Waals surface area contributed by atoms with Gasteiger partial charge in [-0.2, -0.15) is 0 Å². The first-order valence-corrected chi connectivity index (χ1v) is 9.96. The lowest BCUT2D eigenvalue weighted by molar-refractivity contribution is 0.0594. The van der Waals surface area contributed by atoms with Gasteiger partial charge in [0.15, 0.2) is 0 Å². The second-order valence-electron chi connectivity index (χ2n) is 7.78. The molecule has 0 fully saturated rings. The number of hydrogen-bond acceptors (Lipinski definition) is 3. The van der Waals surface area contributed by atoms with Crippen LogP contribution in [0.5, 0.6) is 0 Å². The topological polar surface area (TPSA) is 50.3 Å². The largest absolute Gasteiger partial charge is 0.269 e. The van der Waals surface area contributed by atoms with Crippen LogP contribution in [-0.4, -0.2) is 21.7 Å². The Kier molecular flexibility index (Phi) is 4.91. The Morgan fingerprint density at radius 1 is 1.00 bits per heavy atom. The summed E-state index contributed by atoms with van der Waals surface area (Å²) in [6.07, 6.45) is 1.68. The molecule has 2 unspecified atom stereocenters. The maximum atomic E-state index is 13.7. The summed E-state index contributed by atoms with van der Waals surface area (Å²) in [7, 11) is 0. The summed E-state index contributed by atoms with van der Waals surface area (Å²) in [5, 5.41) is 0.790. The van der Waals surface area contributed by atoms with Gasteiger partial charge in [-0.1, -0.05) is 32.4 Å². The van der Waals surface area contributed by atoms with Crippen LogP contribution in [0.1, 0.15) is 65.2 Å². The molecule has 2 atom stereocenters. The molecule has 2 amide bonds. The maximum absolute atomic E-state index is 13.7. The Hall–Kier alpha value is -3.08. The minimum atomic E-state index is -0.469. The minimum absolute atomic E-state index is 0.285. The van der Waals surface area contributed by atoms with Gasteiger partial charge in [0.1, 0.15) is 5.82 Å². The molecule has 29 heavy (non-hydrogen) atoms. The number of aromatic nitrogens is 1. The number of hydrogen-bond donors (Lipinski definition) is 0. The third-order valence-electron chi connectivity index (χ3n) is 5.79. The van der Waals surface area contributed by atoms with Crippen molar-refractivity contribution in [1.29, 1.82) is 0 Å². The number of imide groups is 1. The average Bonchev–Trinajstić information content (AvgIpc) is 2.97. The van der Waals surface area contributed by atoms with E-state index in [9.17, 15) is 14.0 Å². The van der Waals surface area contributed by atoms with Gasteiger partial charge in [-0.25, -0.2) is 4.39 Å². The van der Waals surface area contributed by atoms with Gasteiger partial charge in [-0.05, 0) is 55.2 Å². The highest BCUT2D eigenvalue weighted by molar-refractivity contribution is 6.21. The number of pyridine rings is 1. The first-order valence-electron chi connectivity index (χ1n) is 9.96. The van der Waals surface area contributed by atoms with Gasteiger partial charge in [-0.15, -0.1) is 0 Å². The number of amides is 2. The van der Waals surface area contributed by atoms with Crippen molar-refractivity contribution in [2.75, 3.05) is 0 Å². The summed E-state index contributed by atoms with van der Waals surface area (Å²) < 4.78 is 13.7. The van der Waals surface area contributed by atoms with E-state index in [1.165, 1.54) is 17.0 Å². The van der Waals surface area contributed by atoms with Crippen molar-refractivity contribution in [3.63, 3.8) is 0 Å². The first-order chi connectivity index (χ1) is 13.9. The van der Waals surface area contributed by atoms with Crippen LogP contribution in [0.2, 0.25) is 0 Å². The summed E-state index contributed by atoms with van der Waals surface area (Å²) in [5.74, 6) is -0.527. The van der Waals surface area contributed by atoms with Crippen LogP contribution in [0.15, 0.2) is 48.5 Å². The summed E-state index contributed by atoms with van der Waals surface area (Å²) in [6.45, 7) is 6.10. The summed E-state index contributed by atoms with van der Waals surface area (Å²) in [4.78, 5) is 32.0. The number of fused-ring (bicyclic) bond motifs is 2. The smallest absolute Gasteiger partial charge is 0.262 e. The molecule has 4 rings (SSSR count). The van der Waals surface area contributed by atoms with Crippen molar-refractivity contribution >= 4 is 22.7 Å². The minimum Gasteiger partial charge on any atom is -0.269 e. The second kappa shape index (κ2) is 7.39. The molecule has 0 bridgehead atoms. The van der Waals surface area contributed by atoms with E-state index < -0.39 is 6.04 Å². The predicted octanol–water partition coefficient (Wildman–Crippen LogP) is 5.32. The van der Waals surface area contributed by atoms with E-state index in [2.05, 4.69) is 13.8 Å². The SMILES string of the molecule is CCC(C)Cc1nc2cc(F)ccc2cc1C(C)N1C(=O)c2ccccc2C1=O. The van der Waals surface area contributed by atoms with E-state index in [1.807, 2.05) is 13.0 Å². The highest BCUT2D eigenvalue weighted by atomic mass is 19.1. The van der Waals surface area contributed by atoms with E-state index in [4.69, 9.17) is 4.98 Å². The molecule has 2 aromatic carbocycles. The average molecular weight is 390 g/mol. The monoisotopic (exact) mass is 390 g/mol. The molecule has 1 aliphatic rings. The Bertz CT molecular complexity index is 1090. The molecule has 5 heteroatoms. The van der Waals surface area contributed by atoms with E-state index in [1.54, 1.807) is 30.3 Å². The highest BCUT2D eigenvalue weighted by Gasteiger charge is 2.39. The standard InChI is InChI=1S/C24H23FN2O2/c1-4-14(2)11-22-20(12-16-9-10-17(25)13-21(16)26-22)15(3)27-23(28)18-7-5-6-8-19(18)24(27)29/h5-10,12-15H,4,11H2,1-3H3. The molecule has 148 valence electrons. The Balaban J connectivity index is 1.81. The van der Waals surface area contributed by atoms with Crippen molar-refractivity contribution < 1.29 is 14.0 Å². The fraction of sp³-hybridized carbons (Fsp3) is 0.292. The molecule has 4 nitrogen and oxygen atoms in total. The maximum Gasteiger partial charge on any atom is 0.262 e. The fourth-order valence-corrected chi connectivity index (χ4v) is 3.89. The third-order valence-corrected chi connectivity index (χ3v) is 5.79. The van der Waals surface area contributed by atoms with Gasteiger partial charge < -0.3 is 0 Å². The van der Waals surface area contributed by atoms with Crippen LogP contribution in [0.3, 0.4) is 0 Å². The molecule has 0 N–H and O–H groups in total. The van der Waals surface area contributed by atoms with E-state index in [-0.39, 0.29) is 17.6 Å². The molecular formula is C24H23FN2O2. The molecule has 0 aliphatic carbocycles. The van der Waals surface area contributed by atoms with Crippen molar-refractivity contribution in [3.05, 3.63) is 76.7 Å². The van der Waals surface area contributed by atoms with Crippen molar-refractivity contribution in [2.24, 2.45) is 5.92 Å². The zero-order chi connectivity index (χ0) is 20.7. The Labute approximate surface area is 169 Å². The zero-order valence-electron chi connectivity index (χ0n) is 16.8. The molecule has 0 saturated heterocycles. The van der Waals surface area contributed by atoms with Crippen LogP contribution in [0.4, 0.5) is 4.39 Å². The molecule has 1 aliphatic heterocycles. The lowest BCUT2D eigenvalue weighted by atomic mass is 9.94. The number of rotatable bonds is 5. The quantitative estimate of drug-likeness (QED) is 0.554. The van der Waals surface area contributed by atoms with E-state index in [0.29, 0.717) is 29.0 Å². The number of benzene rings is 2. The zero-order valence-corrected chi connectivity index (χ0v) is 16.8. The van der Waals surface area contributed by atoms with Crippen LogP contribution >= 0.6 is 0 Å². The van der Waals surface area contributed by atoms with Crippen LogP contribution < -0.4 is 0 Å². The summed E-state index contributed by atoms with van der Waals surface area (Å²) in [6, 6.07) is 12.9. The molecular weight excluding hydrogens is 367 g/mol. The number of nitrogens with zero attached hydrogens (tertiary/aromatic N) is 2. The predicted molar refractivity (Wildman–Crippen MR) is 110 cm³/mol. The van der Waals surface area contributed by atoms with Crippen LogP contribution in [0.25, 0.3) is 10.9 Å². The van der Waals surface area contributed by atoms with Gasteiger partial charge >= 0.3 is 0 Å². The first kappa shape index (κ1) is 19.2. The Morgan fingerprint density at radius 3 is 2.28 bits per heavy atom. The van der Waals surface area contributed by atoms with E-state index >= 15 is 0 Å². The van der Waals surface area contributed by atoms with Gasteiger partial charge in [0, 0.05) is 17.1 Å². The van der Waals surface area contributed by atoms with Crippen LogP contribution in [-0.2, 0) is 6.42 Å². The molecule has 0 spiro atoms. The Morgan fingerprint density at radius 2 is 1.66 bits per heavy atom. The number of halogens is 1. The van der Waals surface area contributed by atoms with E-state index in [0.717, 1.165) is 23.1 Å². The second-order valence-corrected chi connectivity index (χ2v) is 7.78. The lowest BCUT2D eigenvalue weighted by Gasteiger charge is -2.26. The van der Waals surface area contributed by atoms with Crippen molar-refractivity contribution in [2.45, 2.75) is 39.7 Å². The molecule has 3 aromatic rings. The number of carbonyl (C=O) groups is 2. The normalized spacial score (nSPS) is 15.7. The number of carbonyl (C=O) groups excluding carboxylic acids is 2. The van der Waals surface area contributed by atoms with Gasteiger partial charge in [0.2, 0.25) is 0 Å². The van der Waals surface area contributed by atoms with Crippen LogP contribution in [0, 0.1) is 11.7 Å². The summed E-state index contributed by atoms with van der Waals surface area (Å²) in [5.41, 5.74) is 3.09. The van der Waals surface area contributed by atoms with Crippen molar-refractivity contribution in [1.82, 2.24) is 9.88 Å². The highest BCUT2D eigenvalue weighted by Crippen LogP contribution is 2.34. The third kappa shape index (κ3) is 3.31. The molecule has 0 radical (unpaired) electrons. The fourth-order valence-electron chi connectivity index (χ4n) is 3.89. The van der Waals surface area contributed by atoms with Gasteiger partial charge in [0.25, 0.3) is 11.8 Å². The summed E-state index contributed by atoms with van der Waals surface area (Å²) >= 11 is 0. The molecule has 1 aromatic heterocycles. The lowest BCUT2D eigenvalue weighted by Crippen LogP contribution is -2.33. The van der Waals surface area contributed by atoms with Crippen molar-refractivity contribution in [3.8, 4) is 0 Å². The molecule has 2 heterocycles. The van der Waals surface area contributed by atoms with Gasteiger partial charge in [-0.3, -0.25) is 19.5 Å². The van der Waals surface area contributed by atoms with Gasteiger partial charge in [0.05, 0.1) is 22.7 Å². The molecule has 0 saturated carbocycles.